The maximum absolute atomic E-state index is 12.0. The lowest BCUT2D eigenvalue weighted by Gasteiger charge is -2.37. The van der Waals surface area contributed by atoms with Crippen molar-refractivity contribution in [1.29, 1.82) is 0 Å². The molecule has 7 rings (SSSR count). The molecule has 3 N–H and O–H groups in total. The van der Waals surface area contributed by atoms with Gasteiger partial charge in [0.1, 0.15) is 17.8 Å². The highest BCUT2D eigenvalue weighted by molar-refractivity contribution is 7.80. The maximum atomic E-state index is 12.0. The van der Waals surface area contributed by atoms with Gasteiger partial charge in [0.05, 0.1) is 37.8 Å². The summed E-state index contributed by atoms with van der Waals surface area (Å²) in [5.41, 5.74) is 3.41. The van der Waals surface area contributed by atoms with E-state index in [-0.39, 0.29) is 11.8 Å². The van der Waals surface area contributed by atoms with E-state index in [0.717, 1.165) is 117 Å². The summed E-state index contributed by atoms with van der Waals surface area (Å²) in [5.74, 6) is 2.57. The normalized spacial score (nSPS) is 17.3. The lowest BCUT2D eigenvalue weighted by Crippen LogP contribution is -2.50. The van der Waals surface area contributed by atoms with Crippen LogP contribution in [0.4, 0.5) is 17.2 Å². The van der Waals surface area contributed by atoms with Crippen LogP contribution in [-0.2, 0) is 9.53 Å². The molecule has 0 atom stereocenters. The maximum Gasteiger partial charge on any atom is 0.227 e. The molecule has 0 bridgehead atoms. The number of ether oxygens (including phenoxy) is 3. The number of hydrogen-bond acceptors (Lipinski definition) is 9. The number of hydrogen-bond donors (Lipinski definition) is 3. The number of amides is 1. The van der Waals surface area contributed by atoms with Crippen molar-refractivity contribution in [3.8, 4) is 11.5 Å². The first-order valence-corrected chi connectivity index (χ1v) is 16.5. The Bertz CT molecular complexity index is 1700. The highest BCUT2D eigenvalue weighted by atomic mass is 32.1. The third-order valence-electron chi connectivity index (χ3n) is 8.85. The highest BCUT2D eigenvalue weighted by Crippen LogP contribution is 2.38. The smallest absolute Gasteiger partial charge is 0.227 e. The second-order valence-electron chi connectivity index (χ2n) is 12.0. The molecule has 2 aromatic heterocycles. The van der Waals surface area contributed by atoms with E-state index in [0.29, 0.717) is 23.2 Å². The van der Waals surface area contributed by atoms with E-state index in [1.54, 1.807) is 13.4 Å². The number of aromatic nitrogens is 3. The molecule has 13 heteroatoms. The summed E-state index contributed by atoms with van der Waals surface area (Å²) >= 11 is 5.76. The molecule has 242 valence electrons. The molecule has 4 aromatic rings. The average molecular weight is 645 g/mol. The van der Waals surface area contributed by atoms with Gasteiger partial charge in [-0.3, -0.25) is 9.69 Å². The quantitative estimate of drug-likeness (QED) is 0.171. The van der Waals surface area contributed by atoms with Crippen LogP contribution in [0.2, 0.25) is 0 Å². The summed E-state index contributed by atoms with van der Waals surface area (Å²) in [6.07, 6.45) is 4.51. The number of anilines is 3. The van der Waals surface area contributed by atoms with Gasteiger partial charge in [-0.15, -0.1) is 0 Å². The number of fused-ring (bicyclic) bond motifs is 3. The lowest BCUT2D eigenvalue weighted by molar-refractivity contribution is -0.117. The number of carbonyl (C=O) groups is 1. The van der Waals surface area contributed by atoms with Gasteiger partial charge < -0.3 is 39.6 Å². The molecular weight excluding hydrogens is 604 g/mol. The van der Waals surface area contributed by atoms with Crippen molar-refractivity contribution in [2.75, 3.05) is 88.3 Å². The number of morpholine rings is 1. The fraction of sp³-hybridized carbons (Fsp3) is 0.455. The number of benzene rings is 2. The minimum absolute atomic E-state index is 0.103. The minimum Gasteiger partial charge on any atom is -0.493 e. The van der Waals surface area contributed by atoms with E-state index >= 15 is 0 Å². The summed E-state index contributed by atoms with van der Waals surface area (Å²) < 4.78 is 17.4. The predicted molar refractivity (Wildman–Crippen MR) is 183 cm³/mol. The zero-order valence-corrected chi connectivity index (χ0v) is 26.9. The molecule has 3 aliphatic rings. The molecule has 46 heavy (non-hydrogen) atoms. The van der Waals surface area contributed by atoms with Crippen molar-refractivity contribution in [3.63, 3.8) is 0 Å². The van der Waals surface area contributed by atoms with Crippen molar-refractivity contribution >= 4 is 62.4 Å². The van der Waals surface area contributed by atoms with Crippen LogP contribution < -0.4 is 25.0 Å². The van der Waals surface area contributed by atoms with Gasteiger partial charge in [0.15, 0.2) is 16.6 Å². The number of nitrogens with zero attached hydrogens (tertiary/aromatic N) is 5. The molecule has 12 nitrogen and oxygen atoms in total. The predicted octanol–water partition coefficient (Wildman–Crippen LogP) is 4.09. The Morgan fingerprint density at radius 1 is 1.00 bits per heavy atom. The Morgan fingerprint density at radius 2 is 1.74 bits per heavy atom. The number of thiocarbonyl (C=S) groups is 1. The molecule has 1 saturated carbocycles. The summed E-state index contributed by atoms with van der Waals surface area (Å²) in [6.45, 7) is 8.17. The van der Waals surface area contributed by atoms with Crippen LogP contribution in [0, 0.1) is 5.92 Å². The fourth-order valence-electron chi connectivity index (χ4n) is 6.07. The van der Waals surface area contributed by atoms with Crippen LogP contribution in [0.25, 0.3) is 21.9 Å². The highest BCUT2D eigenvalue weighted by Gasteiger charge is 2.29. The number of aromatic amines is 1. The van der Waals surface area contributed by atoms with Crippen LogP contribution in [0.3, 0.4) is 0 Å². The monoisotopic (exact) mass is 644 g/mol. The number of H-pyrrole nitrogens is 1. The molecule has 2 saturated heterocycles. The summed E-state index contributed by atoms with van der Waals surface area (Å²) in [4.78, 5) is 31.7. The number of nitrogens with one attached hydrogen (secondary N) is 3. The SMILES string of the molecule is COc1cc2c(cc1OCCCN1CCOCC1)[nH]c1ncnc(N3CCN(C(=S)Nc4ccc(NC(=O)C5CC5)cc4)CC3)c12. The molecule has 4 heterocycles. The summed E-state index contributed by atoms with van der Waals surface area (Å²) in [7, 11) is 1.67. The topological polar surface area (TPSA) is 120 Å². The van der Waals surface area contributed by atoms with E-state index in [4.69, 9.17) is 31.4 Å². The summed E-state index contributed by atoms with van der Waals surface area (Å²) in [6, 6.07) is 11.7. The molecule has 1 aliphatic carbocycles. The Morgan fingerprint density at radius 3 is 2.46 bits per heavy atom. The Balaban J connectivity index is 0.985. The first-order valence-electron chi connectivity index (χ1n) is 16.0. The van der Waals surface area contributed by atoms with Crippen LogP contribution in [-0.4, -0.2) is 109 Å². The van der Waals surface area contributed by atoms with Crippen LogP contribution >= 0.6 is 12.2 Å². The van der Waals surface area contributed by atoms with Gasteiger partial charge in [-0.2, -0.15) is 0 Å². The summed E-state index contributed by atoms with van der Waals surface area (Å²) in [5, 5.41) is 8.97. The van der Waals surface area contributed by atoms with Crippen molar-refractivity contribution in [2.45, 2.75) is 19.3 Å². The van der Waals surface area contributed by atoms with Crippen molar-refractivity contribution < 1.29 is 19.0 Å². The average Bonchev–Trinajstić information content (AvgIpc) is 3.88. The van der Waals surface area contributed by atoms with Crippen LogP contribution in [0.5, 0.6) is 11.5 Å². The standard InChI is InChI=1S/C33H40N8O4S/c1-43-27-19-25-26(20-28(27)45-16-2-9-39-14-17-44-18-15-39)38-30-29(25)31(35-21-34-30)40-10-12-41(13-11-40)33(46)37-24-7-5-23(6-8-24)36-32(42)22-3-4-22/h5-8,19-22H,2-4,9-18H2,1H3,(H,36,42)(H,37,46)(H,34,35,38). The van der Waals surface area contributed by atoms with Gasteiger partial charge >= 0.3 is 0 Å². The van der Waals surface area contributed by atoms with Gasteiger partial charge in [0, 0.05) is 74.6 Å². The third-order valence-corrected chi connectivity index (χ3v) is 9.21. The van der Waals surface area contributed by atoms with Gasteiger partial charge in [-0.25, -0.2) is 9.97 Å². The lowest BCUT2D eigenvalue weighted by atomic mass is 10.1. The second kappa shape index (κ2) is 13.7. The minimum atomic E-state index is 0.103. The van der Waals surface area contributed by atoms with Gasteiger partial charge in [0.25, 0.3) is 0 Å². The molecular formula is C33H40N8O4S. The zero-order chi connectivity index (χ0) is 31.5. The molecule has 0 spiro atoms. The van der Waals surface area contributed by atoms with E-state index in [1.165, 1.54) is 0 Å². The third kappa shape index (κ3) is 6.81. The Kier molecular flexibility index (Phi) is 9.04. The fourth-order valence-corrected chi connectivity index (χ4v) is 6.38. The molecule has 3 fully saturated rings. The Labute approximate surface area is 273 Å². The van der Waals surface area contributed by atoms with E-state index < -0.39 is 0 Å². The van der Waals surface area contributed by atoms with Crippen LogP contribution in [0.1, 0.15) is 19.3 Å². The zero-order valence-electron chi connectivity index (χ0n) is 26.1. The number of rotatable bonds is 10. The number of piperazine rings is 1. The number of methoxy groups -OCH3 is 1. The van der Waals surface area contributed by atoms with Gasteiger partial charge in [0.2, 0.25) is 5.91 Å². The Hall–Kier alpha value is -4.20. The van der Waals surface area contributed by atoms with E-state index in [2.05, 4.69) is 35.3 Å². The molecule has 1 amide bonds. The number of carbonyl (C=O) groups excluding carboxylic acids is 1. The van der Waals surface area contributed by atoms with Crippen molar-refractivity contribution in [3.05, 3.63) is 42.7 Å². The molecule has 0 radical (unpaired) electrons. The second-order valence-corrected chi connectivity index (χ2v) is 12.4. The van der Waals surface area contributed by atoms with Crippen LogP contribution in [0.15, 0.2) is 42.7 Å². The first kappa shape index (κ1) is 30.5. The molecule has 0 unspecified atom stereocenters. The van der Waals surface area contributed by atoms with E-state index in [9.17, 15) is 4.79 Å². The van der Waals surface area contributed by atoms with E-state index in [1.807, 2.05) is 36.4 Å². The van der Waals surface area contributed by atoms with Crippen molar-refractivity contribution in [2.24, 2.45) is 5.92 Å². The largest absolute Gasteiger partial charge is 0.493 e. The van der Waals surface area contributed by atoms with Gasteiger partial charge in [-0.05, 0) is 61.8 Å². The van der Waals surface area contributed by atoms with Crippen molar-refractivity contribution in [1.82, 2.24) is 24.8 Å². The molecule has 2 aromatic carbocycles. The molecule has 2 aliphatic heterocycles. The first-order chi connectivity index (χ1) is 22.6. The van der Waals surface area contributed by atoms with Gasteiger partial charge in [-0.1, -0.05) is 0 Å².